The van der Waals surface area contributed by atoms with E-state index in [-0.39, 0.29) is 29.6 Å². The molecule has 1 heterocycles. The maximum absolute atomic E-state index is 12.0. The predicted molar refractivity (Wildman–Crippen MR) is 62.0 cm³/mol. The van der Waals surface area contributed by atoms with E-state index in [2.05, 4.69) is 5.32 Å². The van der Waals surface area contributed by atoms with Crippen molar-refractivity contribution in [3.63, 3.8) is 0 Å². The number of non-ortho nitro benzene ring substituents is 1. The summed E-state index contributed by atoms with van der Waals surface area (Å²) in [5, 5.41) is 13.2. The van der Waals surface area contributed by atoms with Crippen LogP contribution in [-0.4, -0.2) is 41.3 Å². The number of hydrogen-bond acceptors (Lipinski definition) is 4. The minimum absolute atomic E-state index is 0.0124. The van der Waals surface area contributed by atoms with Crippen LogP contribution in [0, 0.1) is 10.1 Å². The van der Waals surface area contributed by atoms with Gasteiger partial charge >= 0.3 is 0 Å². The van der Waals surface area contributed by atoms with Crippen LogP contribution in [0.15, 0.2) is 24.3 Å². The quantitative estimate of drug-likeness (QED) is 0.597. The van der Waals surface area contributed by atoms with E-state index in [1.54, 1.807) is 0 Å². The Morgan fingerprint density at radius 1 is 1.44 bits per heavy atom. The van der Waals surface area contributed by atoms with Gasteiger partial charge in [0.2, 0.25) is 5.91 Å². The maximum atomic E-state index is 12.0. The summed E-state index contributed by atoms with van der Waals surface area (Å²) in [7, 11) is 0. The Kier molecular flexibility index (Phi) is 3.22. The van der Waals surface area contributed by atoms with E-state index in [1.807, 2.05) is 0 Å². The zero-order valence-corrected chi connectivity index (χ0v) is 9.46. The lowest BCUT2D eigenvalue weighted by Crippen LogP contribution is -2.49. The number of hydrogen-bond donors (Lipinski definition) is 1. The van der Waals surface area contributed by atoms with E-state index in [1.165, 1.54) is 29.2 Å². The number of carbonyl (C=O) groups excluding carboxylic acids is 2. The van der Waals surface area contributed by atoms with Crippen molar-refractivity contribution in [2.45, 2.75) is 0 Å². The summed E-state index contributed by atoms with van der Waals surface area (Å²) < 4.78 is 0. The van der Waals surface area contributed by atoms with Crippen LogP contribution in [0.2, 0.25) is 0 Å². The van der Waals surface area contributed by atoms with Crippen molar-refractivity contribution in [1.29, 1.82) is 0 Å². The molecule has 2 rings (SSSR count). The monoisotopic (exact) mass is 249 g/mol. The highest BCUT2D eigenvalue weighted by atomic mass is 16.6. The van der Waals surface area contributed by atoms with Crippen molar-refractivity contribution in [2.75, 3.05) is 19.6 Å². The van der Waals surface area contributed by atoms with Gasteiger partial charge in [-0.25, -0.2) is 0 Å². The molecule has 1 aliphatic rings. The predicted octanol–water partition coefficient (Wildman–Crippen LogP) is 0.167. The van der Waals surface area contributed by atoms with Crippen LogP contribution < -0.4 is 5.32 Å². The number of nitro groups is 1. The Labute approximate surface area is 103 Å². The average molecular weight is 249 g/mol. The van der Waals surface area contributed by atoms with Crippen molar-refractivity contribution in [3.8, 4) is 0 Å². The molecule has 1 aliphatic heterocycles. The fourth-order valence-corrected chi connectivity index (χ4v) is 1.75. The molecular formula is C11H11N3O4. The molecule has 1 N–H and O–H groups in total. The Hall–Kier alpha value is -2.44. The van der Waals surface area contributed by atoms with Gasteiger partial charge < -0.3 is 10.2 Å². The second kappa shape index (κ2) is 4.82. The normalized spacial score (nSPS) is 15.1. The number of piperazine rings is 1. The first-order valence-corrected chi connectivity index (χ1v) is 5.38. The zero-order valence-electron chi connectivity index (χ0n) is 9.46. The van der Waals surface area contributed by atoms with Crippen molar-refractivity contribution >= 4 is 17.5 Å². The number of benzene rings is 1. The second-order valence-electron chi connectivity index (χ2n) is 3.88. The average Bonchev–Trinajstić information content (AvgIpc) is 2.38. The molecule has 2 amide bonds. The molecule has 18 heavy (non-hydrogen) atoms. The molecule has 0 saturated carbocycles. The van der Waals surface area contributed by atoms with Crippen LogP contribution in [0.3, 0.4) is 0 Å². The third-order valence-electron chi connectivity index (χ3n) is 2.63. The van der Waals surface area contributed by atoms with E-state index in [9.17, 15) is 19.7 Å². The SMILES string of the molecule is O=C1CN(C(=O)c2cccc([N+](=O)[O-])c2)CCN1. The lowest BCUT2D eigenvalue weighted by molar-refractivity contribution is -0.384. The molecule has 7 heteroatoms. The highest BCUT2D eigenvalue weighted by molar-refractivity contribution is 5.97. The van der Waals surface area contributed by atoms with Gasteiger partial charge in [-0.2, -0.15) is 0 Å². The van der Waals surface area contributed by atoms with Gasteiger partial charge in [0.1, 0.15) is 0 Å². The molecular weight excluding hydrogens is 238 g/mol. The Balaban J connectivity index is 2.20. The van der Waals surface area contributed by atoms with Crippen LogP contribution in [0.5, 0.6) is 0 Å². The Morgan fingerprint density at radius 3 is 2.89 bits per heavy atom. The van der Waals surface area contributed by atoms with Crippen molar-refractivity contribution in [3.05, 3.63) is 39.9 Å². The lowest BCUT2D eigenvalue weighted by atomic mass is 10.1. The van der Waals surface area contributed by atoms with Crippen LogP contribution in [-0.2, 0) is 4.79 Å². The third-order valence-corrected chi connectivity index (χ3v) is 2.63. The number of amides is 2. The fourth-order valence-electron chi connectivity index (χ4n) is 1.75. The molecule has 0 spiro atoms. The summed E-state index contributed by atoms with van der Waals surface area (Å²) in [4.78, 5) is 34.7. The summed E-state index contributed by atoms with van der Waals surface area (Å²) in [6.07, 6.45) is 0. The number of rotatable bonds is 2. The first-order chi connectivity index (χ1) is 8.58. The van der Waals surface area contributed by atoms with Crippen LogP contribution in [0.1, 0.15) is 10.4 Å². The Morgan fingerprint density at radius 2 is 2.22 bits per heavy atom. The first kappa shape index (κ1) is 12.0. The molecule has 7 nitrogen and oxygen atoms in total. The molecule has 1 aromatic rings. The number of nitrogens with one attached hydrogen (secondary N) is 1. The van der Waals surface area contributed by atoms with Gasteiger partial charge in [-0.1, -0.05) is 6.07 Å². The van der Waals surface area contributed by atoms with Crippen molar-refractivity contribution < 1.29 is 14.5 Å². The number of nitrogens with zero attached hydrogens (tertiary/aromatic N) is 2. The van der Waals surface area contributed by atoms with E-state index in [0.717, 1.165) is 0 Å². The van der Waals surface area contributed by atoms with E-state index in [4.69, 9.17) is 0 Å². The molecule has 0 aliphatic carbocycles. The van der Waals surface area contributed by atoms with E-state index < -0.39 is 4.92 Å². The Bertz CT molecular complexity index is 515. The molecule has 0 unspecified atom stereocenters. The van der Waals surface area contributed by atoms with Crippen LogP contribution in [0.4, 0.5) is 5.69 Å². The van der Waals surface area contributed by atoms with Gasteiger partial charge in [0.15, 0.2) is 0 Å². The number of nitro benzene ring substituents is 1. The standard InChI is InChI=1S/C11H11N3O4/c15-10-7-13(5-4-12-10)11(16)8-2-1-3-9(6-8)14(17)18/h1-3,6H,4-5,7H2,(H,12,15). The summed E-state index contributed by atoms with van der Waals surface area (Å²) in [5.74, 6) is -0.589. The van der Waals surface area contributed by atoms with Gasteiger partial charge in [0.05, 0.1) is 11.5 Å². The third kappa shape index (κ3) is 2.45. The van der Waals surface area contributed by atoms with Gasteiger partial charge in [-0.05, 0) is 6.07 Å². The smallest absolute Gasteiger partial charge is 0.270 e. The minimum atomic E-state index is -0.556. The molecule has 1 aromatic carbocycles. The van der Waals surface area contributed by atoms with Crippen molar-refractivity contribution in [1.82, 2.24) is 10.2 Å². The summed E-state index contributed by atoms with van der Waals surface area (Å²) in [6, 6.07) is 5.49. The van der Waals surface area contributed by atoms with Gasteiger partial charge in [-0.3, -0.25) is 19.7 Å². The molecule has 1 fully saturated rings. The van der Waals surface area contributed by atoms with Gasteiger partial charge in [-0.15, -0.1) is 0 Å². The maximum Gasteiger partial charge on any atom is 0.270 e. The van der Waals surface area contributed by atoms with Crippen LogP contribution in [0.25, 0.3) is 0 Å². The van der Waals surface area contributed by atoms with Gasteiger partial charge in [0.25, 0.3) is 11.6 Å². The van der Waals surface area contributed by atoms with Crippen molar-refractivity contribution in [2.24, 2.45) is 0 Å². The minimum Gasteiger partial charge on any atom is -0.353 e. The molecule has 0 radical (unpaired) electrons. The molecule has 0 bridgehead atoms. The molecule has 1 saturated heterocycles. The lowest BCUT2D eigenvalue weighted by Gasteiger charge is -2.26. The van der Waals surface area contributed by atoms with E-state index in [0.29, 0.717) is 13.1 Å². The second-order valence-corrected chi connectivity index (χ2v) is 3.88. The van der Waals surface area contributed by atoms with Crippen LogP contribution >= 0.6 is 0 Å². The first-order valence-electron chi connectivity index (χ1n) is 5.38. The molecule has 0 aromatic heterocycles. The summed E-state index contributed by atoms with van der Waals surface area (Å²) in [6.45, 7) is 0.800. The molecule has 94 valence electrons. The zero-order chi connectivity index (χ0) is 13.1. The molecule has 0 atom stereocenters. The van der Waals surface area contributed by atoms with Gasteiger partial charge in [0, 0.05) is 30.8 Å². The fraction of sp³-hybridized carbons (Fsp3) is 0.273. The summed E-state index contributed by atoms with van der Waals surface area (Å²) >= 11 is 0. The topological polar surface area (TPSA) is 92.5 Å². The highest BCUT2D eigenvalue weighted by Crippen LogP contribution is 2.15. The highest BCUT2D eigenvalue weighted by Gasteiger charge is 2.23. The van der Waals surface area contributed by atoms with E-state index >= 15 is 0 Å². The number of carbonyl (C=O) groups is 2. The largest absolute Gasteiger partial charge is 0.353 e. The summed E-state index contributed by atoms with van der Waals surface area (Å²) in [5.41, 5.74) is 0.0845.